The minimum atomic E-state index is 0. The molecule has 0 spiro atoms. The van der Waals surface area contributed by atoms with Gasteiger partial charge in [0.05, 0.1) is 0 Å². The molecule has 2 rings (SSSR count). The predicted octanol–water partition coefficient (Wildman–Crippen LogP) is 3.34. The van der Waals surface area contributed by atoms with E-state index in [4.69, 9.17) is 0 Å². The van der Waals surface area contributed by atoms with Crippen LogP contribution in [0.5, 0.6) is 0 Å². The van der Waals surface area contributed by atoms with Crippen LogP contribution < -0.4 is 0 Å². The molecule has 0 unspecified atom stereocenters. The van der Waals surface area contributed by atoms with E-state index < -0.39 is 0 Å². The summed E-state index contributed by atoms with van der Waals surface area (Å²) in [6.07, 6.45) is 18.9. The van der Waals surface area contributed by atoms with Gasteiger partial charge in [-0.1, -0.05) is 23.8 Å². The van der Waals surface area contributed by atoms with Gasteiger partial charge in [0, 0.05) is 20.1 Å². The van der Waals surface area contributed by atoms with Crippen molar-refractivity contribution >= 4 is 0 Å². The van der Waals surface area contributed by atoms with Gasteiger partial charge in [0.2, 0.25) is 0 Å². The summed E-state index contributed by atoms with van der Waals surface area (Å²) in [5.74, 6) is 0. The molecule has 1 radical (unpaired) electrons. The molecule has 0 saturated carbocycles. The van der Waals surface area contributed by atoms with E-state index in [9.17, 15) is 0 Å². The van der Waals surface area contributed by atoms with Gasteiger partial charge in [-0.3, -0.25) is 6.08 Å². The van der Waals surface area contributed by atoms with Gasteiger partial charge >= 0.3 is 0 Å². The quantitative estimate of drug-likeness (QED) is 0.671. The summed E-state index contributed by atoms with van der Waals surface area (Å²) in [5, 5.41) is 0. The van der Waals surface area contributed by atoms with Crippen molar-refractivity contribution in [3.05, 3.63) is 47.6 Å². The molecule has 71 valence electrons. The minimum Gasteiger partial charge on any atom is -0.269 e. The van der Waals surface area contributed by atoms with Crippen LogP contribution in [0.1, 0.15) is 25.7 Å². The standard InChI is InChI=1S/C12H13.Ir/c1-2-6-11(7-3-1)10-12-8-4-5-9-12;/h1-2,4,6,8H,3,5,7,10H2;/q-1;. The van der Waals surface area contributed by atoms with Crippen molar-refractivity contribution in [2.75, 3.05) is 0 Å². The molecular weight excluding hydrogens is 336 g/mol. The largest absolute Gasteiger partial charge is 0.269 e. The Bertz CT molecular complexity index is 279. The van der Waals surface area contributed by atoms with Crippen molar-refractivity contribution in [2.45, 2.75) is 25.7 Å². The minimum absolute atomic E-state index is 0. The Labute approximate surface area is 93.5 Å². The molecule has 2 aliphatic rings. The first kappa shape index (κ1) is 10.7. The normalized spacial score (nSPS) is 19.4. The Hall–Kier alpha value is -0.391. The van der Waals surface area contributed by atoms with Crippen molar-refractivity contribution in [1.29, 1.82) is 0 Å². The van der Waals surface area contributed by atoms with E-state index in [0.717, 1.165) is 12.8 Å². The topological polar surface area (TPSA) is 0 Å². The SMILES string of the molecule is [C-]1=C(CC2=CC=CCC2)C=CC1.[Ir]. The fraction of sp³-hybridized carbons (Fsp3) is 0.333. The van der Waals surface area contributed by atoms with E-state index in [0.29, 0.717) is 0 Å². The molecular formula is C12H13Ir-. The Morgan fingerprint density at radius 2 is 2.23 bits per heavy atom. The average Bonchev–Trinajstić information content (AvgIpc) is 2.59. The van der Waals surface area contributed by atoms with Gasteiger partial charge in [-0.2, -0.15) is 6.08 Å². The Morgan fingerprint density at radius 1 is 1.31 bits per heavy atom. The van der Waals surface area contributed by atoms with Crippen molar-refractivity contribution in [1.82, 2.24) is 0 Å². The van der Waals surface area contributed by atoms with Gasteiger partial charge in [-0.15, -0.1) is 6.42 Å². The zero-order valence-corrected chi connectivity index (χ0v) is 9.94. The number of allylic oxidation sites excluding steroid dienone is 8. The Kier molecular flexibility index (Phi) is 4.41. The predicted molar refractivity (Wildman–Crippen MR) is 51.6 cm³/mol. The first-order valence-electron chi connectivity index (χ1n) is 4.56. The molecule has 0 fully saturated rings. The molecule has 0 nitrogen and oxygen atoms in total. The molecule has 1 heteroatoms. The molecule has 0 saturated heterocycles. The number of rotatable bonds is 2. The fourth-order valence-corrected chi connectivity index (χ4v) is 1.62. The molecule has 0 heterocycles. The first-order valence-corrected chi connectivity index (χ1v) is 4.56. The third kappa shape index (κ3) is 3.10. The van der Waals surface area contributed by atoms with Crippen molar-refractivity contribution in [2.24, 2.45) is 0 Å². The van der Waals surface area contributed by atoms with E-state index in [1.165, 1.54) is 18.4 Å². The molecule has 0 bridgehead atoms. The van der Waals surface area contributed by atoms with Gasteiger partial charge in [0.1, 0.15) is 0 Å². The summed E-state index contributed by atoms with van der Waals surface area (Å²) >= 11 is 0. The second kappa shape index (κ2) is 5.36. The van der Waals surface area contributed by atoms with E-state index >= 15 is 0 Å². The van der Waals surface area contributed by atoms with Gasteiger partial charge in [0.25, 0.3) is 0 Å². The van der Waals surface area contributed by atoms with Crippen LogP contribution in [0.15, 0.2) is 41.5 Å². The Balaban J connectivity index is 0.000000845. The van der Waals surface area contributed by atoms with Crippen LogP contribution in [-0.4, -0.2) is 0 Å². The third-order valence-corrected chi connectivity index (χ3v) is 2.28. The first-order chi connectivity index (χ1) is 5.95. The molecule has 0 aromatic rings. The van der Waals surface area contributed by atoms with Crippen LogP contribution in [0.25, 0.3) is 0 Å². The van der Waals surface area contributed by atoms with Crippen LogP contribution >= 0.6 is 0 Å². The van der Waals surface area contributed by atoms with Gasteiger partial charge in [-0.25, -0.2) is 11.6 Å². The zero-order chi connectivity index (χ0) is 8.23. The van der Waals surface area contributed by atoms with Gasteiger partial charge in [-0.05, 0) is 19.3 Å². The average molecular weight is 349 g/mol. The number of hydrogen-bond donors (Lipinski definition) is 0. The van der Waals surface area contributed by atoms with Crippen LogP contribution in [0.4, 0.5) is 0 Å². The molecule has 13 heavy (non-hydrogen) atoms. The van der Waals surface area contributed by atoms with Crippen molar-refractivity contribution in [3.63, 3.8) is 0 Å². The summed E-state index contributed by atoms with van der Waals surface area (Å²) < 4.78 is 0. The van der Waals surface area contributed by atoms with Crippen LogP contribution in [0, 0.1) is 6.08 Å². The zero-order valence-electron chi connectivity index (χ0n) is 7.55. The molecule has 0 N–H and O–H groups in total. The fourth-order valence-electron chi connectivity index (χ4n) is 1.62. The van der Waals surface area contributed by atoms with E-state index in [1.807, 2.05) is 0 Å². The summed E-state index contributed by atoms with van der Waals surface area (Å²) in [6.45, 7) is 0. The molecule has 0 aliphatic heterocycles. The van der Waals surface area contributed by atoms with Gasteiger partial charge in [0.15, 0.2) is 0 Å². The molecule has 0 atom stereocenters. The maximum absolute atomic E-state index is 3.34. The van der Waals surface area contributed by atoms with E-state index in [1.54, 1.807) is 5.57 Å². The van der Waals surface area contributed by atoms with Crippen LogP contribution in [0.2, 0.25) is 0 Å². The summed E-state index contributed by atoms with van der Waals surface area (Å²) in [4.78, 5) is 0. The molecule has 0 aromatic heterocycles. The third-order valence-electron chi connectivity index (χ3n) is 2.28. The summed E-state index contributed by atoms with van der Waals surface area (Å²) in [7, 11) is 0. The molecule has 2 aliphatic carbocycles. The summed E-state index contributed by atoms with van der Waals surface area (Å²) in [6, 6.07) is 0. The smallest absolute Gasteiger partial charge is 0 e. The van der Waals surface area contributed by atoms with Crippen molar-refractivity contribution in [3.8, 4) is 0 Å². The second-order valence-electron chi connectivity index (χ2n) is 3.28. The molecule has 0 amide bonds. The van der Waals surface area contributed by atoms with E-state index in [2.05, 4.69) is 36.5 Å². The monoisotopic (exact) mass is 350 g/mol. The van der Waals surface area contributed by atoms with E-state index in [-0.39, 0.29) is 20.1 Å². The van der Waals surface area contributed by atoms with Crippen molar-refractivity contribution < 1.29 is 20.1 Å². The van der Waals surface area contributed by atoms with Crippen LogP contribution in [-0.2, 0) is 20.1 Å². The second-order valence-corrected chi connectivity index (χ2v) is 3.28. The maximum atomic E-state index is 3.34. The molecule has 0 aromatic carbocycles. The van der Waals surface area contributed by atoms with Gasteiger partial charge < -0.3 is 0 Å². The summed E-state index contributed by atoms with van der Waals surface area (Å²) in [5.41, 5.74) is 2.92. The Morgan fingerprint density at radius 3 is 2.85 bits per heavy atom. The van der Waals surface area contributed by atoms with Crippen LogP contribution in [0.3, 0.4) is 0 Å². The maximum Gasteiger partial charge on any atom is 0 e. The number of hydrogen-bond acceptors (Lipinski definition) is 0.